The van der Waals surface area contributed by atoms with Gasteiger partial charge in [-0.3, -0.25) is 0 Å². The molecule has 31 heavy (non-hydrogen) atoms. The van der Waals surface area contributed by atoms with Gasteiger partial charge in [-0.15, -0.1) is 0 Å². The average molecular weight is 430 g/mol. The van der Waals surface area contributed by atoms with E-state index in [4.69, 9.17) is 4.74 Å². The Labute approximate surface area is 184 Å². The first kappa shape index (κ1) is 19.3. The predicted octanol–water partition coefficient (Wildman–Crippen LogP) is 5.64. The lowest BCUT2D eigenvalue weighted by atomic mass is 10.1. The molecule has 5 rings (SSSR count). The van der Waals surface area contributed by atoms with E-state index in [-0.39, 0.29) is 5.75 Å². The highest BCUT2D eigenvalue weighted by molar-refractivity contribution is 7.13. The summed E-state index contributed by atoms with van der Waals surface area (Å²) < 4.78 is 7.81. The van der Waals surface area contributed by atoms with Crippen molar-refractivity contribution in [2.24, 2.45) is 10.2 Å². The van der Waals surface area contributed by atoms with Crippen molar-refractivity contribution in [2.45, 2.75) is 0 Å². The van der Waals surface area contributed by atoms with Gasteiger partial charge in [0.05, 0.1) is 17.3 Å². The Morgan fingerprint density at radius 3 is 2.52 bits per heavy atom. The van der Waals surface area contributed by atoms with Gasteiger partial charge in [-0.1, -0.05) is 48.5 Å². The van der Waals surface area contributed by atoms with Crippen LogP contribution < -0.4 is 14.2 Å². The van der Waals surface area contributed by atoms with Crippen molar-refractivity contribution in [3.05, 3.63) is 78.2 Å². The van der Waals surface area contributed by atoms with E-state index in [1.165, 1.54) is 11.3 Å². The number of rotatable bonds is 4. The lowest BCUT2D eigenvalue weighted by Crippen LogP contribution is -2.30. The fraction of sp³-hybridized carbons (Fsp3) is 0.125. The first-order valence-corrected chi connectivity index (χ1v) is 10.9. The molecule has 2 heterocycles. The van der Waals surface area contributed by atoms with Crippen LogP contribution in [0.25, 0.3) is 16.9 Å². The van der Waals surface area contributed by atoms with E-state index in [2.05, 4.69) is 32.3 Å². The van der Waals surface area contributed by atoms with Gasteiger partial charge in [-0.2, -0.15) is 4.57 Å². The van der Waals surface area contributed by atoms with Gasteiger partial charge in [0, 0.05) is 30.1 Å². The Bertz CT molecular complexity index is 1240. The van der Waals surface area contributed by atoms with E-state index < -0.39 is 0 Å². The van der Waals surface area contributed by atoms with Crippen molar-refractivity contribution in [3.63, 3.8) is 0 Å². The molecule has 0 spiro atoms. The van der Waals surface area contributed by atoms with Crippen molar-refractivity contribution in [1.82, 2.24) is 0 Å². The highest BCUT2D eigenvalue weighted by Gasteiger charge is 2.23. The normalized spacial score (nSPS) is 13.3. The maximum Gasteiger partial charge on any atom is 0.414 e. The van der Waals surface area contributed by atoms with Crippen LogP contribution in [0.4, 0.5) is 16.5 Å². The summed E-state index contributed by atoms with van der Waals surface area (Å²) in [5, 5.41) is 22.1. The molecule has 1 aliphatic heterocycles. The minimum atomic E-state index is 0.0750. The number of phenols is 1. The van der Waals surface area contributed by atoms with Crippen molar-refractivity contribution in [2.75, 3.05) is 25.1 Å². The number of likely N-dealkylation sites (N-methyl/N-ethyl adjacent to an activating group) is 1. The molecule has 0 atom stereocenters. The van der Waals surface area contributed by atoms with Crippen LogP contribution in [0.3, 0.4) is 0 Å². The molecular formula is C24H21N4O2S+. The SMILES string of the molecule is CN1CCOc2cc(/N=N/c3scc(-c4ccccc4)[n+]3-c3ccccc3)c(O)cc21. The van der Waals surface area contributed by atoms with Crippen LogP contribution in [-0.4, -0.2) is 25.3 Å². The molecule has 3 aromatic carbocycles. The summed E-state index contributed by atoms with van der Waals surface area (Å²) in [6, 6.07) is 23.7. The van der Waals surface area contributed by atoms with E-state index in [0.29, 0.717) is 23.2 Å². The number of phenolic OH excluding ortho intramolecular Hbond substituents is 1. The molecule has 0 bridgehead atoms. The van der Waals surface area contributed by atoms with Gasteiger partial charge in [0.1, 0.15) is 23.8 Å². The lowest BCUT2D eigenvalue weighted by molar-refractivity contribution is -0.565. The summed E-state index contributed by atoms with van der Waals surface area (Å²) >= 11 is 1.50. The molecule has 0 radical (unpaired) electrons. The third kappa shape index (κ3) is 3.75. The molecule has 0 unspecified atom stereocenters. The van der Waals surface area contributed by atoms with Crippen LogP contribution in [0.15, 0.2) is 88.4 Å². The highest BCUT2D eigenvalue weighted by atomic mass is 32.1. The number of aromatic nitrogens is 1. The van der Waals surface area contributed by atoms with E-state index in [1.54, 1.807) is 12.1 Å². The Kier molecular flexibility index (Phi) is 5.09. The predicted molar refractivity (Wildman–Crippen MR) is 122 cm³/mol. The summed E-state index contributed by atoms with van der Waals surface area (Å²) in [7, 11) is 1.97. The Morgan fingerprint density at radius 1 is 1.00 bits per heavy atom. The number of hydrogen-bond donors (Lipinski definition) is 1. The molecule has 4 aromatic rings. The first-order valence-electron chi connectivity index (χ1n) is 9.98. The van der Waals surface area contributed by atoms with Gasteiger partial charge in [-0.25, -0.2) is 0 Å². The van der Waals surface area contributed by atoms with Crippen molar-refractivity contribution < 1.29 is 14.4 Å². The van der Waals surface area contributed by atoms with Crippen LogP contribution in [0.1, 0.15) is 0 Å². The molecule has 154 valence electrons. The molecule has 0 amide bonds. The number of para-hydroxylation sites is 1. The fourth-order valence-electron chi connectivity index (χ4n) is 3.57. The summed E-state index contributed by atoms with van der Waals surface area (Å²) in [6.45, 7) is 1.38. The van der Waals surface area contributed by atoms with E-state index in [0.717, 1.165) is 29.2 Å². The second-order valence-electron chi connectivity index (χ2n) is 7.22. The number of fused-ring (bicyclic) bond motifs is 1. The minimum Gasteiger partial charge on any atom is -0.505 e. The molecule has 0 saturated carbocycles. The summed E-state index contributed by atoms with van der Waals surface area (Å²) in [6.07, 6.45) is 0. The molecular weight excluding hydrogens is 408 g/mol. The molecule has 1 N–H and O–H groups in total. The second-order valence-corrected chi connectivity index (χ2v) is 8.06. The number of aromatic hydroxyl groups is 1. The summed E-state index contributed by atoms with van der Waals surface area (Å²) in [5.41, 5.74) is 4.35. The number of anilines is 1. The summed E-state index contributed by atoms with van der Waals surface area (Å²) in [4.78, 5) is 2.05. The van der Waals surface area contributed by atoms with Crippen molar-refractivity contribution in [3.8, 4) is 28.4 Å². The quantitative estimate of drug-likeness (QED) is 0.337. The largest absolute Gasteiger partial charge is 0.505 e. The Morgan fingerprint density at radius 2 is 1.74 bits per heavy atom. The van der Waals surface area contributed by atoms with Gasteiger partial charge in [0.2, 0.25) is 0 Å². The number of nitrogens with zero attached hydrogens (tertiary/aromatic N) is 4. The van der Waals surface area contributed by atoms with Crippen molar-refractivity contribution in [1.29, 1.82) is 0 Å². The molecule has 0 aliphatic carbocycles. The van der Waals surface area contributed by atoms with Gasteiger partial charge >= 0.3 is 5.13 Å². The van der Waals surface area contributed by atoms with Crippen LogP contribution in [0.5, 0.6) is 11.5 Å². The van der Waals surface area contributed by atoms with Crippen LogP contribution in [0, 0.1) is 0 Å². The molecule has 0 fully saturated rings. The third-order valence-corrected chi connectivity index (χ3v) is 6.00. The standard InChI is InChI=1S/C24H20N4O2S/c1-27-12-13-30-23-14-19(22(29)15-20(23)27)25-26-24-28(18-10-6-3-7-11-18)21(16-31-24)17-8-4-2-5-9-17/h2-11,14-16H,12-13H2,1H3/p+1. The minimum absolute atomic E-state index is 0.0750. The highest BCUT2D eigenvalue weighted by Crippen LogP contribution is 2.41. The number of hydrogen-bond acceptors (Lipinski definition) is 6. The smallest absolute Gasteiger partial charge is 0.414 e. The van der Waals surface area contributed by atoms with Crippen LogP contribution in [-0.2, 0) is 0 Å². The van der Waals surface area contributed by atoms with Gasteiger partial charge in [0.15, 0.2) is 11.4 Å². The number of benzene rings is 3. The molecule has 0 saturated heterocycles. The number of thiazole rings is 1. The van der Waals surface area contributed by atoms with Crippen molar-refractivity contribution >= 4 is 27.8 Å². The molecule has 6 nitrogen and oxygen atoms in total. The molecule has 7 heteroatoms. The van der Waals surface area contributed by atoms with Gasteiger partial charge in [0.25, 0.3) is 0 Å². The number of ether oxygens (including phenoxy) is 1. The Hall–Kier alpha value is -3.71. The molecule has 1 aromatic heterocycles. The lowest BCUT2D eigenvalue weighted by Gasteiger charge is -2.27. The fourth-order valence-corrected chi connectivity index (χ4v) is 4.42. The van der Waals surface area contributed by atoms with E-state index >= 15 is 0 Å². The van der Waals surface area contributed by atoms with Gasteiger partial charge in [-0.05, 0) is 28.6 Å². The topological polar surface area (TPSA) is 61.3 Å². The maximum absolute atomic E-state index is 10.5. The zero-order valence-electron chi connectivity index (χ0n) is 17.0. The van der Waals surface area contributed by atoms with Gasteiger partial charge < -0.3 is 14.7 Å². The third-order valence-electron chi connectivity index (χ3n) is 5.19. The van der Waals surface area contributed by atoms with E-state index in [1.807, 2.05) is 60.5 Å². The Balaban J connectivity index is 1.57. The monoisotopic (exact) mass is 429 g/mol. The van der Waals surface area contributed by atoms with Crippen LogP contribution in [0.2, 0.25) is 0 Å². The second kappa shape index (κ2) is 8.20. The summed E-state index contributed by atoms with van der Waals surface area (Å²) in [5.74, 6) is 0.776. The zero-order valence-corrected chi connectivity index (χ0v) is 17.8. The number of azo groups is 1. The van der Waals surface area contributed by atoms with Crippen LogP contribution >= 0.6 is 11.3 Å². The van der Waals surface area contributed by atoms with E-state index in [9.17, 15) is 5.11 Å². The molecule has 1 aliphatic rings. The maximum atomic E-state index is 10.5. The zero-order chi connectivity index (χ0) is 21.2. The first-order chi connectivity index (χ1) is 15.2. The average Bonchev–Trinajstić information content (AvgIpc) is 3.23.